The molecule has 0 saturated carbocycles. The highest BCUT2D eigenvalue weighted by molar-refractivity contribution is 7.22. The molecule has 2 fully saturated rings. The lowest BCUT2D eigenvalue weighted by Crippen LogP contribution is -2.44. The first-order chi connectivity index (χ1) is 10.2. The average molecular weight is 307 g/mol. The topological polar surface area (TPSA) is 55.2 Å². The van der Waals surface area contributed by atoms with Gasteiger partial charge in [-0.25, -0.2) is 9.67 Å². The largest absolute Gasteiger partial charge is 0.378 e. The Hall–Kier alpha value is -1.18. The molecule has 0 amide bonds. The molecule has 0 aliphatic carbocycles. The number of anilines is 1. The first-order valence-electron chi connectivity index (χ1n) is 7.61. The van der Waals surface area contributed by atoms with Gasteiger partial charge in [-0.1, -0.05) is 11.3 Å². The van der Waals surface area contributed by atoms with E-state index in [1.165, 1.54) is 30.6 Å². The van der Waals surface area contributed by atoms with E-state index in [1.54, 1.807) is 11.3 Å². The van der Waals surface area contributed by atoms with Gasteiger partial charge in [0.25, 0.3) is 0 Å². The molecule has 7 heteroatoms. The van der Waals surface area contributed by atoms with E-state index in [-0.39, 0.29) is 0 Å². The molecule has 6 nitrogen and oxygen atoms in total. The van der Waals surface area contributed by atoms with Crippen LogP contribution in [0.5, 0.6) is 0 Å². The van der Waals surface area contributed by atoms with E-state index in [4.69, 9.17) is 9.72 Å². The van der Waals surface area contributed by atoms with Crippen molar-refractivity contribution < 1.29 is 4.74 Å². The molecule has 0 unspecified atom stereocenters. The van der Waals surface area contributed by atoms with Crippen LogP contribution < -0.4 is 5.32 Å². The minimum Gasteiger partial charge on any atom is -0.378 e. The molecule has 2 aromatic heterocycles. The maximum atomic E-state index is 5.71. The van der Waals surface area contributed by atoms with Crippen molar-refractivity contribution in [1.82, 2.24) is 19.7 Å². The number of hydrogen-bond donors (Lipinski definition) is 1. The van der Waals surface area contributed by atoms with Crippen LogP contribution in [0.3, 0.4) is 0 Å². The third-order valence-electron chi connectivity index (χ3n) is 4.51. The van der Waals surface area contributed by atoms with E-state index in [0.29, 0.717) is 12.1 Å². The highest BCUT2D eigenvalue weighted by atomic mass is 32.1. The summed E-state index contributed by atoms with van der Waals surface area (Å²) in [6.07, 6.45) is 2.63. The smallest absolute Gasteiger partial charge is 0.185 e. The number of aryl methyl sites for hydroxylation is 2. The summed E-state index contributed by atoms with van der Waals surface area (Å²) in [6, 6.07) is 0.829. The van der Waals surface area contributed by atoms with Crippen molar-refractivity contribution in [2.75, 3.05) is 31.6 Å². The second-order valence-electron chi connectivity index (χ2n) is 5.98. The lowest BCUT2D eigenvalue weighted by atomic mass is 10.1. The van der Waals surface area contributed by atoms with Gasteiger partial charge in [0, 0.05) is 7.05 Å². The molecule has 2 atom stereocenters. The summed E-state index contributed by atoms with van der Waals surface area (Å²) >= 11 is 1.70. The molecule has 0 spiro atoms. The summed E-state index contributed by atoms with van der Waals surface area (Å²) in [5.41, 5.74) is 2.02. The summed E-state index contributed by atoms with van der Waals surface area (Å²) in [5.74, 6) is 0. The third-order valence-corrected chi connectivity index (χ3v) is 5.60. The van der Waals surface area contributed by atoms with Crippen LogP contribution in [0.15, 0.2) is 0 Å². The molecule has 114 valence electrons. The molecule has 0 radical (unpaired) electrons. The van der Waals surface area contributed by atoms with Crippen LogP contribution in [-0.2, 0) is 11.8 Å². The van der Waals surface area contributed by atoms with Crippen LogP contribution in [0, 0.1) is 6.92 Å². The van der Waals surface area contributed by atoms with Gasteiger partial charge in [-0.3, -0.25) is 4.90 Å². The Bertz CT molecular complexity index is 611. The molecule has 21 heavy (non-hydrogen) atoms. The van der Waals surface area contributed by atoms with E-state index >= 15 is 0 Å². The van der Waals surface area contributed by atoms with Gasteiger partial charge in [0.2, 0.25) is 0 Å². The fourth-order valence-corrected chi connectivity index (χ4v) is 4.41. The zero-order chi connectivity index (χ0) is 14.4. The van der Waals surface area contributed by atoms with Gasteiger partial charge in [-0.15, -0.1) is 0 Å². The molecule has 1 N–H and O–H groups in total. The Morgan fingerprint density at radius 3 is 2.86 bits per heavy atom. The normalized spacial score (nSPS) is 27.0. The standard InChI is InChI=1S/C14H21N5OS/c1-9-12-13(18(2)17-9)16-14(21-12)15-10-7-20-8-11(10)19-5-3-4-6-19/h10-11H,3-8H2,1-2H3,(H,15,16)/t10-,11-/m1/s1. The number of likely N-dealkylation sites (tertiary alicyclic amines) is 1. The maximum absolute atomic E-state index is 5.71. The van der Waals surface area contributed by atoms with Crippen molar-refractivity contribution in [2.45, 2.75) is 31.8 Å². The number of fused-ring (bicyclic) bond motifs is 1. The summed E-state index contributed by atoms with van der Waals surface area (Å²) in [7, 11) is 1.95. The van der Waals surface area contributed by atoms with Gasteiger partial charge < -0.3 is 10.1 Å². The minimum absolute atomic E-state index is 0.344. The molecule has 2 aromatic rings. The molecular formula is C14H21N5OS. The molecule has 2 aliphatic rings. The van der Waals surface area contributed by atoms with Crippen molar-refractivity contribution >= 4 is 26.8 Å². The van der Waals surface area contributed by atoms with Crippen LogP contribution in [-0.4, -0.2) is 58.1 Å². The van der Waals surface area contributed by atoms with Crippen molar-refractivity contribution in [2.24, 2.45) is 7.05 Å². The van der Waals surface area contributed by atoms with Gasteiger partial charge in [0.15, 0.2) is 10.8 Å². The van der Waals surface area contributed by atoms with Gasteiger partial charge >= 0.3 is 0 Å². The van der Waals surface area contributed by atoms with Crippen LogP contribution >= 0.6 is 11.3 Å². The van der Waals surface area contributed by atoms with Crippen LogP contribution in [0.1, 0.15) is 18.5 Å². The van der Waals surface area contributed by atoms with E-state index in [0.717, 1.165) is 29.7 Å². The number of rotatable bonds is 3. The Kier molecular flexibility index (Phi) is 3.35. The number of thiazole rings is 1. The van der Waals surface area contributed by atoms with E-state index < -0.39 is 0 Å². The Morgan fingerprint density at radius 2 is 2.10 bits per heavy atom. The highest BCUT2D eigenvalue weighted by Gasteiger charge is 2.34. The molecule has 4 rings (SSSR count). The molecular weight excluding hydrogens is 286 g/mol. The zero-order valence-corrected chi connectivity index (χ0v) is 13.3. The van der Waals surface area contributed by atoms with Crippen molar-refractivity contribution in [3.8, 4) is 0 Å². The first kappa shape index (κ1) is 13.5. The minimum atomic E-state index is 0.344. The Labute approximate surface area is 128 Å². The van der Waals surface area contributed by atoms with E-state index in [9.17, 15) is 0 Å². The van der Waals surface area contributed by atoms with Crippen LogP contribution in [0.4, 0.5) is 5.13 Å². The molecule has 4 heterocycles. The fourth-order valence-electron chi connectivity index (χ4n) is 3.42. The second-order valence-corrected chi connectivity index (χ2v) is 6.98. The van der Waals surface area contributed by atoms with E-state index in [2.05, 4.69) is 15.3 Å². The monoisotopic (exact) mass is 307 g/mol. The highest BCUT2D eigenvalue weighted by Crippen LogP contribution is 2.30. The number of hydrogen-bond acceptors (Lipinski definition) is 6. The maximum Gasteiger partial charge on any atom is 0.185 e. The summed E-state index contributed by atoms with van der Waals surface area (Å²) in [6.45, 7) is 6.05. The van der Waals surface area contributed by atoms with E-state index in [1.807, 2.05) is 18.7 Å². The van der Waals surface area contributed by atoms with Gasteiger partial charge in [0.1, 0.15) is 0 Å². The van der Waals surface area contributed by atoms with Crippen molar-refractivity contribution in [3.05, 3.63) is 5.69 Å². The number of ether oxygens (including phenoxy) is 1. The lowest BCUT2D eigenvalue weighted by molar-refractivity contribution is 0.159. The summed E-state index contributed by atoms with van der Waals surface area (Å²) in [4.78, 5) is 7.25. The number of aromatic nitrogens is 3. The third kappa shape index (κ3) is 2.33. The Morgan fingerprint density at radius 1 is 1.29 bits per heavy atom. The zero-order valence-electron chi connectivity index (χ0n) is 12.5. The van der Waals surface area contributed by atoms with Crippen LogP contribution in [0.25, 0.3) is 10.3 Å². The fraction of sp³-hybridized carbons (Fsp3) is 0.714. The lowest BCUT2D eigenvalue weighted by Gasteiger charge is -2.27. The second kappa shape index (κ2) is 5.23. The average Bonchev–Trinajstić information content (AvgIpc) is 3.19. The summed E-state index contributed by atoms with van der Waals surface area (Å²) in [5, 5.41) is 8.99. The van der Waals surface area contributed by atoms with Gasteiger partial charge in [-0.2, -0.15) is 5.10 Å². The predicted molar refractivity (Wildman–Crippen MR) is 83.9 cm³/mol. The van der Waals surface area contributed by atoms with Crippen molar-refractivity contribution in [1.29, 1.82) is 0 Å². The predicted octanol–water partition coefficient (Wildman–Crippen LogP) is 1.61. The Balaban J connectivity index is 1.54. The first-order valence-corrected chi connectivity index (χ1v) is 8.42. The molecule has 2 aliphatic heterocycles. The molecule has 0 aromatic carbocycles. The quantitative estimate of drug-likeness (QED) is 0.934. The molecule has 0 bridgehead atoms. The van der Waals surface area contributed by atoms with Crippen LogP contribution in [0.2, 0.25) is 0 Å². The van der Waals surface area contributed by atoms with Gasteiger partial charge in [0.05, 0.1) is 35.7 Å². The SMILES string of the molecule is Cc1nn(C)c2nc(N[C@@H]3COC[C@H]3N3CCCC3)sc12. The van der Waals surface area contributed by atoms with Gasteiger partial charge in [-0.05, 0) is 32.9 Å². The number of nitrogens with one attached hydrogen (secondary N) is 1. The number of nitrogens with zero attached hydrogens (tertiary/aromatic N) is 4. The summed E-state index contributed by atoms with van der Waals surface area (Å²) < 4.78 is 8.75. The molecule has 2 saturated heterocycles. The van der Waals surface area contributed by atoms with Crippen molar-refractivity contribution in [3.63, 3.8) is 0 Å².